The highest BCUT2D eigenvalue weighted by Crippen LogP contribution is 2.60. The van der Waals surface area contributed by atoms with Gasteiger partial charge in [0.15, 0.2) is 5.47 Å². The SMILES string of the molecule is CCOP(=S)(S)C1=C=CC=C1. The summed E-state index contributed by atoms with van der Waals surface area (Å²) in [7, 11) is 0. The van der Waals surface area contributed by atoms with Crippen molar-refractivity contribution in [2.45, 2.75) is 6.92 Å². The molecule has 0 saturated heterocycles. The quantitative estimate of drug-likeness (QED) is 0.430. The molecular formula is C7H9OPS2. The average Bonchev–Trinajstić information content (AvgIpc) is 2.37. The minimum absolute atomic E-state index is 0.611. The third-order valence-corrected chi connectivity index (χ3v) is 4.58. The lowest BCUT2D eigenvalue weighted by atomic mass is 10.6. The van der Waals surface area contributed by atoms with Gasteiger partial charge in [-0.1, -0.05) is 17.9 Å². The van der Waals surface area contributed by atoms with Crippen LogP contribution in [0.25, 0.3) is 0 Å². The minimum Gasteiger partial charge on any atom is -0.338 e. The Morgan fingerprint density at radius 3 is 3.00 bits per heavy atom. The molecule has 0 saturated carbocycles. The lowest BCUT2D eigenvalue weighted by Gasteiger charge is -2.13. The van der Waals surface area contributed by atoms with Crippen LogP contribution in [0.2, 0.25) is 0 Å². The molecule has 1 aliphatic carbocycles. The molecule has 0 radical (unpaired) electrons. The highest BCUT2D eigenvalue weighted by Gasteiger charge is 2.16. The molecule has 1 atom stereocenters. The van der Waals surface area contributed by atoms with Gasteiger partial charge in [-0.25, -0.2) is 0 Å². The summed E-state index contributed by atoms with van der Waals surface area (Å²) in [6.07, 6.45) is 5.63. The maximum atomic E-state index is 5.33. The lowest BCUT2D eigenvalue weighted by molar-refractivity contribution is 0.389. The second-order valence-corrected chi connectivity index (χ2v) is 7.82. The van der Waals surface area contributed by atoms with Crippen LogP contribution >= 0.6 is 17.7 Å². The Bertz CT molecular complexity index is 287. The summed E-state index contributed by atoms with van der Waals surface area (Å²) in [5, 5.41) is 0.915. The number of rotatable bonds is 3. The molecule has 0 bridgehead atoms. The fourth-order valence-electron chi connectivity index (χ4n) is 0.741. The van der Waals surface area contributed by atoms with Gasteiger partial charge in [0.1, 0.15) is 0 Å². The van der Waals surface area contributed by atoms with E-state index in [0.717, 1.165) is 5.31 Å². The lowest BCUT2D eigenvalue weighted by Crippen LogP contribution is -1.83. The van der Waals surface area contributed by atoms with E-state index in [2.05, 4.69) is 18.0 Å². The van der Waals surface area contributed by atoms with E-state index < -0.39 is 5.47 Å². The van der Waals surface area contributed by atoms with Crippen LogP contribution in [0.1, 0.15) is 6.92 Å². The zero-order valence-electron chi connectivity index (χ0n) is 6.15. The zero-order valence-corrected chi connectivity index (χ0v) is 8.76. The van der Waals surface area contributed by atoms with Crippen molar-refractivity contribution in [3.05, 3.63) is 29.3 Å². The second kappa shape index (κ2) is 3.75. The maximum Gasteiger partial charge on any atom is 0.153 e. The fourth-order valence-corrected chi connectivity index (χ4v) is 3.12. The predicted molar refractivity (Wildman–Crippen MR) is 55.6 cm³/mol. The number of hydrogen-bond donors (Lipinski definition) is 1. The van der Waals surface area contributed by atoms with Gasteiger partial charge >= 0.3 is 0 Å². The molecule has 0 aromatic rings. The Labute approximate surface area is 77.1 Å². The molecule has 0 N–H and O–H groups in total. The smallest absolute Gasteiger partial charge is 0.153 e. The maximum absolute atomic E-state index is 5.33. The summed E-state index contributed by atoms with van der Waals surface area (Å²) in [5.41, 5.74) is 0.981. The summed E-state index contributed by atoms with van der Waals surface area (Å²) < 4.78 is 5.33. The van der Waals surface area contributed by atoms with Crippen molar-refractivity contribution in [1.29, 1.82) is 0 Å². The number of hydrogen-bond acceptors (Lipinski definition) is 2. The topological polar surface area (TPSA) is 9.23 Å². The molecule has 0 spiro atoms. The molecule has 0 aromatic heterocycles. The van der Waals surface area contributed by atoms with Crippen LogP contribution in [-0.4, -0.2) is 6.61 Å². The first-order valence-corrected chi connectivity index (χ1v) is 7.15. The van der Waals surface area contributed by atoms with Crippen LogP contribution in [0, 0.1) is 0 Å². The largest absolute Gasteiger partial charge is 0.338 e. The van der Waals surface area contributed by atoms with Crippen molar-refractivity contribution < 1.29 is 4.52 Å². The molecule has 60 valence electrons. The van der Waals surface area contributed by atoms with Gasteiger partial charge in [-0.2, -0.15) is 0 Å². The van der Waals surface area contributed by atoms with Crippen molar-refractivity contribution in [3.63, 3.8) is 0 Å². The van der Waals surface area contributed by atoms with Gasteiger partial charge in [0.25, 0.3) is 0 Å². The first kappa shape index (κ1) is 9.31. The molecule has 0 amide bonds. The van der Waals surface area contributed by atoms with E-state index in [0.29, 0.717) is 6.61 Å². The van der Waals surface area contributed by atoms with Crippen LogP contribution in [0.3, 0.4) is 0 Å². The van der Waals surface area contributed by atoms with Gasteiger partial charge in [0, 0.05) is 0 Å². The molecule has 1 nitrogen and oxygen atoms in total. The first-order chi connectivity index (χ1) is 5.17. The van der Waals surface area contributed by atoms with Gasteiger partial charge in [0.05, 0.1) is 11.9 Å². The Kier molecular flexibility index (Phi) is 3.17. The van der Waals surface area contributed by atoms with Crippen LogP contribution in [0.5, 0.6) is 0 Å². The fraction of sp³-hybridized carbons (Fsp3) is 0.286. The Balaban J connectivity index is 2.81. The summed E-state index contributed by atoms with van der Waals surface area (Å²) in [6, 6.07) is 0. The number of thiol groups is 1. The average molecular weight is 204 g/mol. The van der Waals surface area contributed by atoms with Crippen molar-refractivity contribution in [2.24, 2.45) is 0 Å². The Morgan fingerprint density at radius 2 is 2.55 bits per heavy atom. The molecule has 0 fully saturated rings. The summed E-state index contributed by atoms with van der Waals surface area (Å²) >= 11 is 9.48. The first-order valence-electron chi connectivity index (χ1n) is 3.28. The predicted octanol–water partition coefficient (Wildman–Crippen LogP) is 2.87. The van der Waals surface area contributed by atoms with Crippen LogP contribution in [0.4, 0.5) is 0 Å². The molecule has 11 heavy (non-hydrogen) atoms. The summed E-state index contributed by atoms with van der Waals surface area (Å²) in [6.45, 7) is 2.53. The van der Waals surface area contributed by atoms with E-state index in [9.17, 15) is 0 Å². The molecule has 0 heterocycles. The van der Waals surface area contributed by atoms with Crippen LogP contribution < -0.4 is 0 Å². The van der Waals surface area contributed by atoms with Crippen molar-refractivity contribution in [2.75, 3.05) is 6.61 Å². The summed E-state index contributed by atoms with van der Waals surface area (Å²) in [4.78, 5) is 0. The van der Waals surface area contributed by atoms with Crippen LogP contribution in [-0.2, 0) is 16.3 Å². The van der Waals surface area contributed by atoms with E-state index in [1.807, 2.05) is 25.2 Å². The van der Waals surface area contributed by atoms with E-state index in [-0.39, 0.29) is 0 Å². The van der Waals surface area contributed by atoms with Crippen molar-refractivity contribution in [3.8, 4) is 0 Å². The van der Waals surface area contributed by atoms with Gasteiger partial charge in [-0.3, -0.25) is 0 Å². The summed E-state index contributed by atoms with van der Waals surface area (Å²) in [5.74, 6) is 0. The zero-order chi connectivity index (χ0) is 8.32. The third-order valence-electron chi connectivity index (χ3n) is 1.19. The molecule has 1 rings (SSSR count). The van der Waals surface area contributed by atoms with E-state index >= 15 is 0 Å². The van der Waals surface area contributed by atoms with Crippen molar-refractivity contribution in [1.82, 2.24) is 0 Å². The molecular weight excluding hydrogens is 195 g/mol. The third kappa shape index (κ3) is 2.33. The van der Waals surface area contributed by atoms with Gasteiger partial charge in [0.2, 0.25) is 0 Å². The van der Waals surface area contributed by atoms with Crippen LogP contribution in [0.15, 0.2) is 29.3 Å². The normalized spacial score (nSPS) is 20.0. The van der Waals surface area contributed by atoms with Gasteiger partial charge in [-0.15, -0.1) is 18.0 Å². The highest BCUT2D eigenvalue weighted by molar-refractivity contribution is 8.63. The monoisotopic (exact) mass is 204 g/mol. The highest BCUT2D eigenvalue weighted by atomic mass is 32.9. The Hall–Kier alpha value is 0.220. The van der Waals surface area contributed by atoms with E-state index in [1.165, 1.54) is 0 Å². The molecule has 0 aromatic carbocycles. The molecule has 1 aliphatic rings. The molecule has 0 aliphatic heterocycles. The minimum atomic E-state index is -2.02. The standard InChI is InChI=1S/C7H9OPS2/c1-2-8-9(10,11)7-5-3-4-6-7/h3-5H,2H2,1H3,(H,10,11). The second-order valence-electron chi connectivity index (χ2n) is 1.99. The Morgan fingerprint density at radius 1 is 1.82 bits per heavy atom. The van der Waals surface area contributed by atoms with Crippen molar-refractivity contribution >= 4 is 29.5 Å². The van der Waals surface area contributed by atoms with E-state index in [1.54, 1.807) is 0 Å². The van der Waals surface area contributed by atoms with E-state index in [4.69, 9.17) is 16.3 Å². The molecule has 1 unspecified atom stereocenters. The van der Waals surface area contributed by atoms with Gasteiger partial charge < -0.3 is 4.52 Å². The number of allylic oxidation sites excluding steroid dienone is 3. The van der Waals surface area contributed by atoms with Gasteiger partial charge in [-0.05, 0) is 19.1 Å². The molecule has 4 heteroatoms.